The molecule has 0 radical (unpaired) electrons. The number of benzene rings is 2. The van der Waals surface area contributed by atoms with Crippen LogP contribution in [0.1, 0.15) is 18.9 Å². The summed E-state index contributed by atoms with van der Waals surface area (Å²) in [4.78, 5) is 12.1. The van der Waals surface area contributed by atoms with Crippen LogP contribution >= 0.6 is 15.9 Å². The van der Waals surface area contributed by atoms with E-state index in [0.29, 0.717) is 18.1 Å². The van der Waals surface area contributed by atoms with Crippen molar-refractivity contribution in [1.29, 1.82) is 0 Å². The van der Waals surface area contributed by atoms with Gasteiger partial charge in [-0.3, -0.25) is 4.79 Å². The summed E-state index contributed by atoms with van der Waals surface area (Å²) in [5, 5.41) is 2.87. The highest BCUT2D eigenvalue weighted by Crippen LogP contribution is 2.28. The highest BCUT2D eigenvalue weighted by atomic mass is 79.9. The van der Waals surface area contributed by atoms with Crippen molar-refractivity contribution >= 4 is 27.5 Å². The number of carbonyl (C=O) groups is 1. The normalized spacial score (nSPS) is 10.2. The Kier molecular flexibility index (Phi) is 6.47. The first kappa shape index (κ1) is 17.3. The molecule has 1 N–H and O–H groups in total. The second kappa shape index (κ2) is 8.58. The largest absolute Gasteiger partial charge is 0.493 e. The summed E-state index contributed by atoms with van der Waals surface area (Å²) in [5.41, 5.74) is 1.65. The van der Waals surface area contributed by atoms with Gasteiger partial charge in [0.15, 0.2) is 11.5 Å². The van der Waals surface area contributed by atoms with Crippen molar-refractivity contribution in [3.8, 4) is 11.5 Å². The van der Waals surface area contributed by atoms with Crippen LogP contribution in [0.2, 0.25) is 0 Å². The number of hydrogen-bond acceptors (Lipinski definition) is 3. The molecular formula is C18H20BrNO3. The van der Waals surface area contributed by atoms with E-state index < -0.39 is 0 Å². The van der Waals surface area contributed by atoms with Gasteiger partial charge in [0.1, 0.15) is 0 Å². The van der Waals surface area contributed by atoms with Crippen LogP contribution < -0.4 is 14.8 Å². The molecule has 0 heterocycles. The lowest BCUT2D eigenvalue weighted by molar-refractivity contribution is -0.115. The van der Waals surface area contributed by atoms with E-state index in [9.17, 15) is 4.79 Å². The second-order valence-corrected chi connectivity index (χ2v) is 5.98. The molecule has 0 spiro atoms. The third kappa shape index (κ3) is 5.28. The van der Waals surface area contributed by atoms with Crippen molar-refractivity contribution in [2.45, 2.75) is 19.8 Å². The Bertz CT molecular complexity index is 656. The Morgan fingerprint density at radius 1 is 1.13 bits per heavy atom. The van der Waals surface area contributed by atoms with Gasteiger partial charge in [-0.15, -0.1) is 0 Å². The van der Waals surface area contributed by atoms with Gasteiger partial charge in [-0.1, -0.05) is 28.9 Å². The molecule has 2 aromatic carbocycles. The summed E-state index contributed by atoms with van der Waals surface area (Å²) in [7, 11) is 1.60. The molecule has 4 nitrogen and oxygen atoms in total. The highest BCUT2D eigenvalue weighted by molar-refractivity contribution is 9.10. The predicted molar refractivity (Wildman–Crippen MR) is 95.3 cm³/mol. The van der Waals surface area contributed by atoms with Gasteiger partial charge in [0.05, 0.1) is 20.1 Å². The van der Waals surface area contributed by atoms with Crippen LogP contribution in [0.3, 0.4) is 0 Å². The molecular weight excluding hydrogens is 358 g/mol. The molecule has 0 atom stereocenters. The SMILES string of the molecule is CCCOc1ccc(CC(=O)Nc2ccc(Br)cc2)cc1OC. The van der Waals surface area contributed by atoms with Gasteiger partial charge in [0.2, 0.25) is 5.91 Å². The van der Waals surface area contributed by atoms with Crippen LogP contribution in [0.15, 0.2) is 46.9 Å². The third-order valence-corrected chi connectivity index (χ3v) is 3.71. The van der Waals surface area contributed by atoms with Gasteiger partial charge in [0.25, 0.3) is 0 Å². The first-order valence-electron chi connectivity index (χ1n) is 7.47. The molecule has 23 heavy (non-hydrogen) atoms. The molecule has 122 valence electrons. The molecule has 0 bridgehead atoms. The molecule has 0 aliphatic heterocycles. The van der Waals surface area contributed by atoms with Crippen LogP contribution in [0.25, 0.3) is 0 Å². The Balaban J connectivity index is 2.01. The fourth-order valence-electron chi connectivity index (χ4n) is 2.08. The van der Waals surface area contributed by atoms with Crippen molar-refractivity contribution in [1.82, 2.24) is 0 Å². The Morgan fingerprint density at radius 2 is 1.87 bits per heavy atom. The Morgan fingerprint density at radius 3 is 2.52 bits per heavy atom. The fraction of sp³-hybridized carbons (Fsp3) is 0.278. The number of hydrogen-bond donors (Lipinski definition) is 1. The first-order valence-corrected chi connectivity index (χ1v) is 8.26. The monoisotopic (exact) mass is 377 g/mol. The summed E-state index contributed by atoms with van der Waals surface area (Å²) >= 11 is 3.37. The lowest BCUT2D eigenvalue weighted by Crippen LogP contribution is -2.14. The average Bonchev–Trinajstić information content (AvgIpc) is 2.55. The molecule has 0 saturated heterocycles. The maximum Gasteiger partial charge on any atom is 0.228 e. The molecule has 2 aromatic rings. The van der Waals surface area contributed by atoms with Crippen molar-refractivity contribution < 1.29 is 14.3 Å². The van der Waals surface area contributed by atoms with Crippen LogP contribution in [0, 0.1) is 0 Å². The van der Waals surface area contributed by atoms with Crippen LogP contribution in [-0.4, -0.2) is 19.6 Å². The van der Waals surface area contributed by atoms with Gasteiger partial charge >= 0.3 is 0 Å². The summed E-state index contributed by atoms with van der Waals surface area (Å²) in [6.45, 7) is 2.69. The van der Waals surface area contributed by atoms with E-state index in [4.69, 9.17) is 9.47 Å². The van der Waals surface area contributed by atoms with E-state index in [1.54, 1.807) is 7.11 Å². The molecule has 2 rings (SSSR count). The van der Waals surface area contributed by atoms with E-state index in [2.05, 4.69) is 21.2 Å². The number of anilines is 1. The number of methoxy groups -OCH3 is 1. The first-order chi connectivity index (χ1) is 11.1. The van der Waals surface area contributed by atoms with Gasteiger partial charge in [-0.25, -0.2) is 0 Å². The molecule has 1 amide bonds. The third-order valence-electron chi connectivity index (χ3n) is 3.18. The Hall–Kier alpha value is -2.01. The van der Waals surface area contributed by atoms with Crippen LogP contribution in [0.4, 0.5) is 5.69 Å². The van der Waals surface area contributed by atoms with Gasteiger partial charge < -0.3 is 14.8 Å². The summed E-state index contributed by atoms with van der Waals surface area (Å²) in [6.07, 6.45) is 1.21. The number of carbonyl (C=O) groups excluding carboxylic acids is 1. The average molecular weight is 378 g/mol. The van der Waals surface area contributed by atoms with Gasteiger partial charge in [-0.05, 0) is 48.4 Å². The van der Waals surface area contributed by atoms with E-state index in [1.165, 1.54) is 0 Å². The number of nitrogens with one attached hydrogen (secondary N) is 1. The summed E-state index contributed by atoms with van der Waals surface area (Å²) < 4.78 is 11.9. The van der Waals surface area contributed by atoms with Gasteiger partial charge in [0, 0.05) is 10.2 Å². The molecule has 0 aliphatic rings. The lowest BCUT2D eigenvalue weighted by Gasteiger charge is -2.12. The topological polar surface area (TPSA) is 47.6 Å². The lowest BCUT2D eigenvalue weighted by atomic mass is 10.1. The van der Waals surface area contributed by atoms with Crippen molar-refractivity contribution in [3.63, 3.8) is 0 Å². The number of halogens is 1. The fourth-order valence-corrected chi connectivity index (χ4v) is 2.34. The minimum Gasteiger partial charge on any atom is -0.493 e. The quantitative estimate of drug-likeness (QED) is 0.776. The van der Waals surface area contributed by atoms with E-state index in [0.717, 1.165) is 22.1 Å². The number of amides is 1. The number of ether oxygens (including phenoxy) is 2. The van der Waals surface area contributed by atoms with Crippen molar-refractivity contribution in [2.24, 2.45) is 0 Å². The summed E-state index contributed by atoms with van der Waals surface area (Å²) in [5.74, 6) is 1.27. The zero-order chi connectivity index (χ0) is 16.7. The minimum atomic E-state index is -0.0726. The number of rotatable bonds is 7. The molecule has 0 saturated carbocycles. The van der Waals surface area contributed by atoms with Crippen molar-refractivity contribution in [2.75, 3.05) is 19.0 Å². The standard InChI is InChI=1S/C18H20BrNO3/c1-3-10-23-16-9-4-13(11-17(16)22-2)12-18(21)20-15-7-5-14(19)6-8-15/h4-9,11H,3,10,12H2,1-2H3,(H,20,21). The molecule has 0 aliphatic carbocycles. The van der Waals surface area contributed by atoms with Crippen LogP contribution in [0.5, 0.6) is 11.5 Å². The second-order valence-electron chi connectivity index (χ2n) is 5.07. The van der Waals surface area contributed by atoms with Crippen molar-refractivity contribution in [3.05, 3.63) is 52.5 Å². The maximum atomic E-state index is 12.1. The van der Waals surface area contributed by atoms with E-state index in [-0.39, 0.29) is 12.3 Å². The molecule has 5 heteroatoms. The maximum absolute atomic E-state index is 12.1. The zero-order valence-corrected chi connectivity index (χ0v) is 14.9. The van der Waals surface area contributed by atoms with Gasteiger partial charge in [-0.2, -0.15) is 0 Å². The molecule has 0 fully saturated rings. The minimum absolute atomic E-state index is 0.0726. The Labute approximate surface area is 144 Å². The van der Waals surface area contributed by atoms with Crippen LogP contribution in [-0.2, 0) is 11.2 Å². The predicted octanol–water partition coefficient (Wildman–Crippen LogP) is 4.43. The molecule has 0 aromatic heterocycles. The van der Waals surface area contributed by atoms with E-state index in [1.807, 2.05) is 49.4 Å². The molecule has 0 unspecified atom stereocenters. The summed E-state index contributed by atoms with van der Waals surface area (Å²) in [6, 6.07) is 13.0. The smallest absolute Gasteiger partial charge is 0.228 e. The van der Waals surface area contributed by atoms with E-state index >= 15 is 0 Å². The zero-order valence-electron chi connectivity index (χ0n) is 13.3. The highest BCUT2D eigenvalue weighted by Gasteiger charge is 2.09.